The highest BCUT2D eigenvalue weighted by molar-refractivity contribution is 9.10. The second-order valence-electron chi connectivity index (χ2n) is 6.58. The van der Waals surface area contributed by atoms with Crippen LogP contribution in [0.3, 0.4) is 0 Å². The minimum Gasteiger partial charge on any atom is -0.389 e. The molecule has 21 heavy (non-hydrogen) atoms. The fourth-order valence-electron chi connectivity index (χ4n) is 2.76. The highest BCUT2D eigenvalue weighted by Crippen LogP contribution is 2.29. The third kappa shape index (κ3) is 4.68. The van der Waals surface area contributed by atoms with Gasteiger partial charge in [0.05, 0.1) is 11.3 Å². The molecule has 2 rings (SSSR count). The van der Waals surface area contributed by atoms with Crippen molar-refractivity contribution in [3.05, 3.63) is 28.2 Å². The summed E-state index contributed by atoms with van der Waals surface area (Å²) >= 11 is 3.66. The van der Waals surface area contributed by atoms with Crippen LogP contribution in [0.5, 0.6) is 0 Å². The summed E-state index contributed by atoms with van der Waals surface area (Å²) in [4.78, 5) is 4.71. The van der Waals surface area contributed by atoms with Gasteiger partial charge in [-0.2, -0.15) is 0 Å². The van der Waals surface area contributed by atoms with E-state index in [4.69, 9.17) is 5.73 Å². The summed E-state index contributed by atoms with van der Waals surface area (Å²) in [6.45, 7) is 10.4. The molecule has 1 atom stereocenters. The third-order valence-corrected chi connectivity index (χ3v) is 4.46. The number of hydrogen-bond acceptors (Lipinski definition) is 4. The molecule has 1 aromatic carbocycles. The molecule has 1 aliphatic heterocycles. The van der Waals surface area contributed by atoms with Crippen molar-refractivity contribution in [3.63, 3.8) is 0 Å². The van der Waals surface area contributed by atoms with Gasteiger partial charge in [0.25, 0.3) is 0 Å². The van der Waals surface area contributed by atoms with E-state index < -0.39 is 5.60 Å². The second-order valence-corrected chi connectivity index (χ2v) is 7.43. The molecule has 0 aromatic heterocycles. The van der Waals surface area contributed by atoms with Gasteiger partial charge in [-0.25, -0.2) is 0 Å². The number of halogens is 1. The molecule has 0 spiro atoms. The van der Waals surface area contributed by atoms with Gasteiger partial charge in [-0.1, -0.05) is 6.07 Å². The summed E-state index contributed by atoms with van der Waals surface area (Å²) in [5, 5.41) is 9.90. The zero-order chi connectivity index (χ0) is 15.6. The van der Waals surface area contributed by atoms with Crippen LogP contribution < -0.4 is 10.6 Å². The summed E-state index contributed by atoms with van der Waals surface area (Å²) in [5.74, 6) is 0. The van der Waals surface area contributed by atoms with Crippen molar-refractivity contribution in [3.8, 4) is 0 Å². The van der Waals surface area contributed by atoms with Gasteiger partial charge in [0.15, 0.2) is 0 Å². The quantitative estimate of drug-likeness (QED) is 0.870. The van der Waals surface area contributed by atoms with E-state index in [-0.39, 0.29) is 6.04 Å². The van der Waals surface area contributed by atoms with Crippen molar-refractivity contribution in [2.45, 2.75) is 32.4 Å². The maximum atomic E-state index is 9.90. The standard InChI is InChI=1S/C16H26BrN3O/c1-12(18)13-4-5-15(14(17)10-13)20-8-6-19(7-9-20)11-16(2,3)21/h4-5,10,12,21H,6-9,11,18H2,1-3H3. The minimum absolute atomic E-state index is 0.0546. The predicted octanol–water partition coefficient (Wildman–Crippen LogP) is 2.36. The van der Waals surface area contributed by atoms with Crippen LogP contribution in [-0.2, 0) is 0 Å². The van der Waals surface area contributed by atoms with Crippen molar-refractivity contribution in [1.29, 1.82) is 0 Å². The molecular formula is C16H26BrN3O. The van der Waals surface area contributed by atoms with Gasteiger partial charge in [-0.05, 0) is 54.4 Å². The Morgan fingerprint density at radius 3 is 2.38 bits per heavy atom. The Balaban J connectivity index is 1.99. The first-order chi connectivity index (χ1) is 9.76. The van der Waals surface area contributed by atoms with Gasteiger partial charge in [0.2, 0.25) is 0 Å². The fraction of sp³-hybridized carbons (Fsp3) is 0.625. The summed E-state index contributed by atoms with van der Waals surface area (Å²) in [6, 6.07) is 6.42. The first kappa shape index (κ1) is 16.7. The number of rotatable bonds is 4. The molecule has 1 heterocycles. The van der Waals surface area contributed by atoms with Crippen molar-refractivity contribution < 1.29 is 5.11 Å². The molecule has 1 aromatic rings. The monoisotopic (exact) mass is 355 g/mol. The van der Waals surface area contributed by atoms with Crippen LogP contribution in [0.1, 0.15) is 32.4 Å². The third-order valence-electron chi connectivity index (χ3n) is 3.82. The average Bonchev–Trinajstić information content (AvgIpc) is 2.38. The van der Waals surface area contributed by atoms with Gasteiger partial charge in [-0.3, -0.25) is 4.90 Å². The van der Waals surface area contributed by atoms with Crippen LogP contribution >= 0.6 is 15.9 Å². The number of piperazine rings is 1. The minimum atomic E-state index is -0.623. The summed E-state index contributed by atoms with van der Waals surface area (Å²) in [6.07, 6.45) is 0. The van der Waals surface area contributed by atoms with E-state index in [0.717, 1.165) is 42.8 Å². The summed E-state index contributed by atoms with van der Waals surface area (Å²) in [7, 11) is 0. The van der Waals surface area contributed by atoms with Crippen molar-refractivity contribution >= 4 is 21.6 Å². The summed E-state index contributed by atoms with van der Waals surface area (Å²) in [5.41, 5.74) is 7.67. The second kappa shape index (κ2) is 6.65. The topological polar surface area (TPSA) is 52.7 Å². The maximum absolute atomic E-state index is 9.90. The number of aliphatic hydroxyl groups is 1. The van der Waals surface area contributed by atoms with E-state index in [1.165, 1.54) is 5.69 Å². The first-order valence-corrected chi connectivity index (χ1v) is 8.30. The van der Waals surface area contributed by atoms with E-state index >= 15 is 0 Å². The summed E-state index contributed by atoms with van der Waals surface area (Å²) < 4.78 is 1.10. The molecule has 0 amide bonds. The SMILES string of the molecule is CC(N)c1ccc(N2CCN(CC(C)(C)O)CC2)c(Br)c1. The molecule has 0 bridgehead atoms. The lowest BCUT2D eigenvalue weighted by molar-refractivity contribution is 0.0345. The Bertz CT molecular complexity index is 477. The molecule has 4 nitrogen and oxygen atoms in total. The number of anilines is 1. The Morgan fingerprint density at radius 1 is 1.29 bits per heavy atom. The lowest BCUT2D eigenvalue weighted by Crippen LogP contribution is -2.50. The number of nitrogens with two attached hydrogens (primary N) is 1. The molecule has 1 fully saturated rings. The molecular weight excluding hydrogens is 330 g/mol. The van der Waals surface area contributed by atoms with Crippen LogP contribution in [-0.4, -0.2) is 48.3 Å². The van der Waals surface area contributed by atoms with Gasteiger partial charge in [-0.15, -0.1) is 0 Å². The van der Waals surface area contributed by atoms with E-state index in [0.29, 0.717) is 0 Å². The number of nitrogens with zero attached hydrogens (tertiary/aromatic N) is 2. The van der Waals surface area contributed by atoms with E-state index in [1.54, 1.807) is 0 Å². The molecule has 3 N–H and O–H groups in total. The maximum Gasteiger partial charge on any atom is 0.0718 e. The highest BCUT2D eigenvalue weighted by Gasteiger charge is 2.23. The van der Waals surface area contributed by atoms with Crippen LogP contribution in [0.25, 0.3) is 0 Å². The van der Waals surface area contributed by atoms with Crippen LogP contribution in [0, 0.1) is 0 Å². The normalized spacial score (nSPS) is 18.9. The molecule has 1 aliphatic rings. The first-order valence-electron chi connectivity index (χ1n) is 7.51. The molecule has 0 aliphatic carbocycles. The number of β-amino-alcohol motifs (C(OH)–C–C–N with tert-alkyl or cyclic N) is 1. The number of hydrogen-bond donors (Lipinski definition) is 2. The molecule has 1 unspecified atom stereocenters. The van der Waals surface area contributed by atoms with Crippen molar-refractivity contribution in [2.75, 3.05) is 37.6 Å². The predicted molar refractivity (Wildman–Crippen MR) is 91.7 cm³/mol. The zero-order valence-corrected chi connectivity index (χ0v) is 14.7. The largest absolute Gasteiger partial charge is 0.389 e. The Morgan fingerprint density at radius 2 is 1.90 bits per heavy atom. The smallest absolute Gasteiger partial charge is 0.0718 e. The van der Waals surface area contributed by atoms with Gasteiger partial charge in [0.1, 0.15) is 0 Å². The molecule has 0 saturated carbocycles. The van der Waals surface area contributed by atoms with E-state index in [2.05, 4.69) is 43.9 Å². The Labute approximate surface area is 136 Å². The van der Waals surface area contributed by atoms with Crippen LogP contribution in [0.2, 0.25) is 0 Å². The molecule has 1 saturated heterocycles. The van der Waals surface area contributed by atoms with Crippen molar-refractivity contribution in [2.24, 2.45) is 5.73 Å². The molecule has 0 radical (unpaired) electrons. The van der Waals surface area contributed by atoms with Gasteiger partial charge < -0.3 is 15.7 Å². The average molecular weight is 356 g/mol. The Hall–Kier alpha value is -0.620. The lowest BCUT2D eigenvalue weighted by Gasteiger charge is -2.38. The van der Waals surface area contributed by atoms with E-state index in [1.807, 2.05) is 20.8 Å². The molecule has 5 heteroatoms. The lowest BCUT2D eigenvalue weighted by atomic mass is 10.1. The number of benzene rings is 1. The zero-order valence-electron chi connectivity index (χ0n) is 13.1. The van der Waals surface area contributed by atoms with Crippen LogP contribution in [0.4, 0.5) is 5.69 Å². The van der Waals surface area contributed by atoms with Gasteiger partial charge >= 0.3 is 0 Å². The molecule has 118 valence electrons. The Kier molecular flexibility index (Phi) is 5.30. The van der Waals surface area contributed by atoms with E-state index in [9.17, 15) is 5.11 Å². The van der Waals surface area contributed by atoms with Crippen LogP contribution in [0.15, 0.2) is 22.7 Å². The fourth-order valence-corrected chi connectivity index (χ4v) is 3.40. The van der Waals surface area contributed by atoms with Gasteiger partial charge in [0, 0.05) is 43.2 Å². The van der Waals surface area contributed by atoms with Crippen molar-refractivity contribution in [1.82, 2.24) is 4.90 Å². The highest BCUT2D eigenvalue weighted by atomic mass is 79.9.